The minimum absolute atomic E-state index is 0.00862. The van der Waals surface area contributed by atoms with Crippen LogP contribution in [0.5, 0.6) is 0 Å². The molecule has 5 nitrogen and oxygen atoms in total. The van der Waals surface area contributed by atoms with Crippen molar-refractivity contribution < 1.29 is 22.4 Å². The highest BCUT2D eigenvalue weighted by atomic mass is 19.4. The van der Waals surface area contributed by atoms with Crippen molar-refractivity contribution in [1.29, 1.82) is 0 Å². The Morgan fingerprint density at radius 3 is 2.28 bits per heavy atom. The van der Waals surface area contributed by atoms with Gasteiger partial charge in [0.25, 0.3) is 5.91 Å². The van der Waals surface area contributed by atoms with Crippen molar-refractivity contribution in [3.63, 3.8) is 0 Å². The third-order valence-corrected chi connectivity index (χ3v) is 6.80. The molecule has 0 aliphatic carbocycles. The summed E-state index contributed by atoms with van der Waals surface area (Å²) in [4.78, 5) is 26.2. The number of hydrogen-bond donors (Lipinski definition) is 0. The zero-order valence-corrected chi connectivity index (χ0v) is 21.3. The van der Waals surface area contributed by atoms with E-state index in [9.17, 15) is 22.4 Å². The predicted molar refractivity (Wildman–Crippen MR) is 141 cm³/mol. The Kier molecular flexibility index (Phi) is 7.32. The quantitative estimate of drug-likeness (QED) is 0.288. The lowest BCUT2D eigenvalue weighted by Crippen LogP contribution is -2.49. The number of carbonyl (C=O) groups excluding carboxylic acids is 1. The third-order valence-electron chi connectivity index (χ3n) is 6.80. The molecule has 200 valence electrons. The Morgan fingerprint density at radius 1 is 0.872 bits per heavy atom. The van der Waals surface area contributed by atoms with Crippen LogP contribution in [0.3, 0.4) is 0 Å². The van der Waals surface area contributed by atoms with Gasteiger partial charge in [-0.05, 0) is 42.8 Å². The van der Waals surface area contributed by atoms with E-state index in [2.05, 4.69) is 9.88 Å². The van der Waals surface area contributed by atoms with E-state index < -0.39 is 17.6 Å². The predicted octanol–water partition coefficient (Wildman–Crippen LogP) is 6.16. The molecule has 0 radical (unpaired) electrons. The Labute approximate surface area is 223 Å². The Morgan fingerprint density at radius 2 is 1.59 bits per heavy atom. The fraction of sp³-hybridized carbons (Fsp3) is 0.233. The second-order valence-corrected chi connectivity index (χ2v) is 9.47. The van der Waals surface area contributed by atoms with E-state index in [0.29, 0.717) is 49.8 Å². The number of aryl methyl sites for hydroxylation is 1. The lowest BCUT2D eigenvalue weighted by atomic mass is 10.0. The van der Waals surface area contributed by atoms with Gasteiger partial charge in [0, 0.05) is 55.0 Å². The van der Waals surface area contributed by atoms with Crippen LogP contribution in [0, 0.1) is 12.7 Å². The summed E-state index contributed by atoms with van der Waals surface area (Å²) in [6, 6.07) is 20.5. The number of benzene rings is 3. The topological polar surface area (TPSA) is 49.3 Å². The van der Waals surface area contributed by atoms with Gasteiger partial charge >= 0.3 is 6.18 Å². The average molecular weight is 535 g/mol. The summed E-state index contributed by atoms with van der Waals surface area (Å²) in [5.74, 6) is 0.285. The minimum atomic E-state index is -4.52. The molecule has 1 fully saturated rings. The number of alkyl halides is 3. The van der Waals surface area contributed by atoms with Crippen LogP contribution in [0.1, 0.15) is 32.7 Å². The molecule has 0 N–H and O–H groups in total. The molecule has 1 amide bonds. The van der Waals surface area contributed by atoms with Gasteiger partial charge in [-0.2, -0.15) is 13.2 Å². The molecule has 1 aliphatic heterocycles. The van der Waals surface area contributed by atoms with Gasteiger partial charge in [-0.3, -0.25) is 4.79 Å². The number of amides is 1. The summed E-state index contributed by atoms with van der Waals surface area (Å²) < 4.78 is 53.4. The summed E-state index contributed by atoms with van der Waals surface area (Å²) >= 11 is 0. The first-order valence-electron chi connectivity index (χ1n) is 12.6. The van der Waals surface area contributed by atoms with Crippen LogP contribution in [0.4, 0.5) is 23.4 Å². The van der Waals surface area contributed by atoms with Crippen molar-refractivity contribution in [2.24, 2.45) is 0 Å². The molecule has 39 heavy (non-hydrogen) atoms. The monoisotopic (exact) mass is 534 g/mol. The van der Waals surface area contributed by atoms with E-state index in [4.69, 9.17) is 4.98 Å². The molecule has 2 heterocycles. The van der Waals surface area contributed by atoms with Crippen LogP contribution in [0.25, 0.3) is 11.4 Å². The van der Waals surface area contributed by atoms with E-state index in [1.165, 1.54) is 24.3 Å². The smallest absolute Gasteiger partial charge is 0.353 e. The summed E-state index contributed by atoms with van der Waals surface area (Å²) in [5.41, 5.74) is 2.50. The number of aromatic nitrogens is 2. The van der Waals surface area contributed by atoms with Crippen molar-refractivity contribution in [2.45, 2.75) is 19.5 Å². The largest absolute Gasteiger partial charge is 0.416 e. The summed E-state index contributed by atoms with van der Waals surface area (Å²) in [6.07, 6.45) is -3.93. The zero-order valence-electron chi connectivity index (χ0n) is 21.3. The van der Waals surface area contributed by atoms with Gasteiger partial charge in [0.2, 0.25) is 0 Å². The van der Waals surface area contributed by atoms with E-state index >= 15 is 0 Å². The zero-order chi connectivity index (χ0) is 27.6. The van der Waals surface area contributed by atoms with Crippen LogP contribution >= 0.6 is 0 Å². The number of anilines is 1. The summed E-state index contributed by atoms with van der Waals surface area (Å²) in [5, 5.41) is 0. The number of hydrogen-bond acceptors (Lipinski definition) is 4. The van der Waals surface area contributed by atoms with Crippen molar-refractivity contribution in [3.8, 4) is 11.4 Å². The maximum absolute atomic E-state index is 14.0. The maximum atomic E-state index is 14.0. The molecule has 9 heteroatoms. The lowest BCUT2D eigenvalue weighted by Gasteiger charge is -2.36. The molecule has 1 aromatic heterocycles. The van der Waals surface area contributed by atoms with Crippen molar-refractivity contribution in [3.05, 3.63) is 113 Å². The first kappa shape index (κ1) is 26.3. The molecule has 0 spiro atoms. The van der Waals surface area contributed by atoms with Crippen LogP contribution in [0.2, 0.25) is 0 Å². The Balaban J connectivity index is 1.42. The van der Waals surface area contributed by atoms with Gasteiger partial charge in [0.05, 0.1) is 5.56 Å². The summed E-state index contributed by atoms with van der Waals surface area (Å²) in [6.45, 7) is 3.41. The molecule has 0 unspecified atom stereocenters. The van der Waals surface area contributed by atoms with Gasteiger partial charge in [0.1, 0.15) is 11.6 Å². The number of nitrogens with zero attached hydrogens (tertiary/aromatic N) is 4. The van der Waals surface area contributed by atoms with Crippen LogP contribution in [-0.2, 0) is 12.6 Å². The van der Waals surface area contributed by atoms with Gasteiger partial charge in [0.15, 0.2) is 5.82 Å². The average Bonchev–Trinajstić information content (AvgIpc) is 2.94. The van der Waals surface area contributed by atoms with Crippen molar-refractivity contribution in [1.82, 2.24) is 14.9 Å². The van der Waals surface area contributed by atoms with Crippen LogP contribution in [0.15, 0.2) is 78.9 Å². The second-order valence-electron chi connectivity index (χ2n) is 9.47. The molecular weight excluding hydrogens is 508 g/mol. The lowest BCUT2D eigenvalue weighted by molar-refractivity contribution is -0.137. The SMILES string of the molecule is Cc1nc(-c2cccc(F)c2)nc(N2CCN(C(=O)c3cccc(C(F)(F)F)c3)CC2)c1Cc1ccccc1. The van der Waals surface area contributed by atoms with E-state index in [1.807, 2.05) is 37.3 Å². The van der Waals surface area contributed by atoms with Gasteiger partial charge < -0.3 is 9.80 Å². The molecule has 1 aliphatic rings. The molecule has 4 aromatic rings. The van der Waals surface area contributed by atoms with Crippen LogP contribution < -0.4 is 4.90 Å². The first-order valence-corrected chi connectivity index (χ1v) is 12.6. The molecule has 0 atom stereocenters. The van der Waals surface area contributed by atoms with Gasteiger partial charge in [-0.25, -0.2) is 14.4 Å². The molecule has 0 bridgehead atoms. The molecule has 5 rings (SSSR count). The number of piperazine rings is 1. The third kappa shape index (κ3) is 5.92. The number of carbonyl (C=O) groups is 1. The van der Waals surface area contributed by atoms with Crippen molar-refractivity contribution in [2.75, 3.05) is 31.1 Å². The van der Waals surface area contributed by atoms with E-state index in [-0.39, 0.29) is 11.4 Å². The molecule has 0 saturated carbocycles. The van der Waals surface area contributed by atoms with Crippen molar-refractivity contribution >= 4 is 11.7 Å². The normalized spacial score (nSPS) is 14.0. The fourth-order valence-corrected chi connectivity index (χ4v) is 4.74. The second kappa shape index (κ2) is 10.8. The standard InChI is InChI=1S/C30H26F4N4O/c1-20-26(17-21-7-3-2-4-8-21)28(36-27(35-20)22-9-6-12-25(31)19-22)37-13-15-38(16-14-37)29(39)23-10-5-11-24(18-23)30(32,33)34/h2-12,18-19H,13-17H2,1H3. The van der Waals surface area contributed by atoms with E-state index in [0.717, 1.165) is 29.0 Å². The number of halogens is 4. The highest BCUT2D eigenvalue weighted by molar-refractivity contribution is 5.94. The first-order chi connectivity index (χ1) is 18.7. The summed E-state index contributed by atoms with van der Waals surface area (Å²) in [7, 11) is 0. The van der Waals surface area contributed by atoms with Crippen LogP contribution in [-0.4, -0.2) is 47.0 Å². The fourth-order valence-electron chi connectivity index (χ4n) is 4.74. The molecular formula is C30H26F4N4O. The number of rotatable bonds is 5. The maximum Gasteiger partial charge on any atom is 0.416 e. The molecule has 3 aromatic carbocycles. The molecule has 1 saturated heterocycles. The van der Waals surface area contributed by atoms with Gasteiger partial charge in [-0.15, -0.1) is 0 Å². The van der Waals surface area contributed by atoms with Gasteiger partial charge in [-0.1, -0.05) is 48.5 Å². The Hall–Kier alpha value is -4.27. The highest BCUT2D eigenvalue weighted by Crippen LogP contribution is 2.31. The van der Waals surface area contributed by atoms with E-state index in [1.54, 1.807) is 17.0 Å². The highest BCUT2D eigenvalue weighted by Gasteiger charge is 2.32. The minimum Gasteiger partial charge on any atom is -0.353 e. The Bertz CT molecular complexity index is 1480.